The zero-order valence-electron chi connectivity index (χ0n) is 6.16. The molecule has 2 aliphatic carbocycles. The lowest BCUT2D eigenvalue weighted by atomic mass is 10.0. The smallest absolute Gasteiger partial charge is 0.195 e. The standard InChI is InChI=1S/C7H11FO2S/c8-11(9,10)7-4-5-1-2-6(7)3-5/h5-7H,1-4H2/t5-,6+,7+/m0/s1. The minimum Gasteiger partial charge on any atom is -0.195 e. The number of rotatable bonds is 1. The summed E-state index contributed by atoms with van der Waals surface area (Å²) >= 11 is 0. The van der Waals surface area contributed by atoms with Crippen molar-refractivity contribution in [2.45, 2.75) is 30.9 Å². The molecule has 64 valence electrons. The number of hydrogen-bond acceptors (Lipinski definition) is 2. The quantitative estimate of drug-likeness (QED) is 0.570. The van der Waals surface area contributed by atoms with Gasteiger partial charge in [-0.15, -0.1) is 3.89 Å². The topological polar surface area (TPSA) is 34.1 Å². The van der Waals surface area contributed by atoms with E-state index >= 15 is 0 Å². The van der Waals surface area contributed by atoms with Crippen LogP contribution in [0.15, 0.2) is 0 Å². The molecule has 2 bridgehead atoms. The van der Waals surface area contributed by atoms with E-state index in [1.807, 2.05) is 0 Å². The molecule has 0 heterocycles. The van der Waals surface area contributed by atoms with Crippen LogP contribution in [0.25, 0.3) is 0 Å². The molecule has 2 aliphatic rings. The zero-order valence-corrected chi connectivity index (χ0v) is 6.98. The van der Waals surface area contributed by atoms with Crippen molar-refractivity contribution in [1.82, 2.24) is 0 Å². The molecule has 2 rings (SSSR count). The fraction of sp³-hybridized carbons (Fsp3) is 1.00. The first-order valence-corrected chi connectivity index (χ1v) is 5.45. The van der Waals surface area contributed by atoms with Gasteiger partial charge >= 0.3 is 10.2 Å². The minimum atomic E-state index is -4.23. The second-order valence-electron chi connectivity index (χ2n) is 3.69. The lowest BCUT2D eigenvalue weighted by molar-refractivity contribution is 0.446. The molecule has 0 spiro atoms. The van der Waals surface area contributed by atoms with E-state index in [1.54, 1.807) is 0 Å². The van der Waals surface area contributed by atoms with Crippen molar-refractivity contribution in [2.75, 3.05) is 0 Å². The van der Waals surface area contributed by atoms with Crippen LogP contribution in [0.5, 0.6) is 0 Å². The van der Waals surface area contributed by atoms with E-state index in [2.05, 4.69) is 0 Å². The molecule has 4 heteroatoms. The first-order chi connectivity index (χ1) is 5.07. The second kappa shape index (κ2) is 2.19. The summed E-state index contributed by atoms with van der Waals surface area (Å²) < 4.78 is 33.6. The van der Waals surface area contributed by atoms with E-state index in [9.17, 15) is 12.3 Å². The van der Waals surface area contributed by atoms with E-state index in [4.69, 9.17) is 0 Å². The number of fused-ring (bicyclic) bond motifs is 2. The van der Waals surface area contributed by atoms with Crippen LogP contribution in [0, 0.1) is 11.8 Å². The maximum absolute atomic E-state index is 12.5. The summed E-state index contributed by atoms with van der Waals surface area (Å²) in [4.78, 5) is 0. The highest BCUT2D eigenvalue weighted by atomic mass is 32.3. The predicted octanol–water partition coefficient (Wildman–Crippen LogP) is 1.47. The van der Waals surface area contributed by atoms with Gasteiger partial charge in [0.2, 0.25) is 0 Å². The summed E-state index contributed by atoms with van der Waals surface area (Å²) in [7, 11) is -4.23. The van der Waals surface area contributed by atoms with Crippen molar-refractivity contribution in [3.63, 3.8) is 0 Å². The lowest BCUT2D eigenvalue weighted by Gasteiger charge is -2.16. The molecule has 0 unspecified atom stereocenters. The van der Waals surface area contributed by atoms with Gasteiger partial charge in [-0.05, 0) is 31.1 Å². The Morgan fingerprint density at radius 3 is 2.18 bits per heavy atom. The van der Waals surface area contributed by atoms with Gasteiger partial charge in [0.15, 0.2) is 0 Å². The molecule has 11 heavy (non-hydrogen) atoms. The summed E-state index contributed by atoms with van der Waals surface area (Å²) in [6, 6.07) is 0. The molecule has 0 aromatic heterocycles. The highest BCUT2D eigenvalue weighted by Gasteiger charge is 2.46. The van der Waals surface area contributed by atoms with Crippen molar-refractivity contribution in [3.05, 3.63) is 0 Å². The molecule has 2 saturated carbocycles. The van der Waals surface area contributed by atoms with Crippen LogP contribution in [0.1, 0.15) is 25.7 Å². The third-order valence-electron chi connectivity index (χ3n) is 3.03. The third kappa shape index (κ3) is 1.17. The molecule has 2 fully saturated rings. The van der Waals surface area contributed by atoms with Gasteiger partial charge in [0.05, 0.1) is 5.25 Å². The van der Waals surface area contributed by atoms with Gasteiger partial charge < -0.3 is 0 Å². The number of hydrogen-bond donors (Lipinski definition) is 0. The monoisotopic (exact) mass is 178 g/mol. The largest absolute Gasteiger partial charge is 0.305 e. The van der Waals surface area contributed by atoms with Crippen molar-refractivity contribution >= 4 is 10.2 Å². The van der Waals surface area contributed by atoms with E-state index in [-0.39, 0.29) is 5.92 Å². The van der Waals surface area contributed by atoms with Crippen LogP contribution >= 0.6 is 0 Å². The van der Waals surface area contributed by atoms with Crippen LogP contribution in [0.3, 0.4) is 0 Å². The van der Waals surface area contributed by atoms with Crippen LogP contribution in [0.2, 0.25) is 0 Å². The maximum atomic E-state index is 12.5. The van der Waals surface area contributed by atoms with E-state index in [0.717, 1.165) is 19.3 Å². The Morgan fingerprint density at radius 1 is 1.18 bits per heavy atom. The van der Waals surface area contributed by atoms with E-state index < -0.39 is 15.5 Å². The minimum absolute atomic E-state index is 0.134. The van der Waals surface area contributed by atoms with Crippen LogP contribution < -0.4 is 0 Å². The zero-order chi connectivity index (χ0) is 8.06. The Balaban J connectivity index is 2.21. The van der Waals surface area contributed by atoms with Gasteiger partial charge in [-0.2, -0.15) is 8.42 Å². The van der Waals surface area contributed by atoms with Gasteiger partial charge in [0, 0.05) is 0 Å². The highest BCUT2D eigenvalue weighted by molar-refractivity contribution is 7.87. The number of halogens is 1. The highest BCUT2D eigenvalue weighted by Crippen LogP contribution is 2.47. The Kier molecular flexibility index (Phi) is 1.50. The Labute approximate surface area is 66.0 Å². The summed E-state index contributed by atoms with van der Waals surface area (Å²) in [5.74, 6) is 0.630. The molecule has 3 atom stereocenters. The average Bonchev–Trinajstić information content (AvgIpc) is 2.42. The average molecular weight is 178 g/mol. The SMILES string of the molecule is O=S(=O)(F)[C@@H]1C[C@H]2CC[C@@H]1C2. The molecule has 2 nitrogen and oxygen atoms in total. The predicted molar refractivity (Wildman–Crippen MR) is 39.3 cm³/mol. The Morgan fingerprint density at radius 2 is 1.91 bits per heavy atom. The fourth-order valence-corrected chi connectivity index (χ4v) is 3.74. The summed E-state index contributed by atoms with van der Waals surface area (Å²) in [6.07, 6.45) is 3.53. The molecule has 0 aromatic carbocycles. The van der Waals surface area contributed by atoms with Crippen molar-refractivity contribution in [2.24, 2.45) is 11.8 Å². The van der Waals surface area contributed by atoms with Gasteiger partial charge in [-0.1, -0.05) is 6.42 Å². The van der Waals surface area contributed by atoms with Crippen LogP contribution in [0.4, 0.5) is 3.89 Å². The van der Waals surface area contributed by atoms with Gasteiger partial charge in [0.1, 0.15) is 0 Å². The summed E-state index contributed by atoms with van der Waals surface area (Å²) in [6.45, 7) is 0. The molecular weight excluding hydrogens is 167 g/mol. The molecule has 0 radical (unpaired) electrons. The maximum Gasteiger partial charge on any atom is 0.305 e. The van der Waals surface area contributed by atoms with Crippen molar-refractivity contribution < 1.29 is 12.3 Å². The Bertz CT molecular complexity index is 260. The lowest BCUT2D eigenvalue weighted by Crippen LogP contribution is -2.23. The van der Waals surface area contributed by atoms with E-state index in [1.165, 1.54) is 0 Å². The molecule has 0 N–H and O–H groups in total. The summed E-state index contributed by atoms with van der Waals surface area (Å²) in [5.41, 5.74) is 0. The first-order valence-electron chi connectivity index (χ1n) is 4.01. The first kappa shape index (κ1) is 7.53. The third-order valence-corrected chi connectivity index (χ3v) is 4.34. The van der Waals surface area contributed by atoms with E-state index in [0.29, 0.717) is 12.3 Å². The van der Waals surface area contributed by atoms with Crippen LogP contribution in [-0.4, -0.2) is 13.7 Å². The Hall–Kier alpha value is -0.120. The molecule has 0 amide bonds. The van der Waals surface area contributed by atoms with Gasteiger partial charge in [0.25, 0.3) is 0 Å². The fourth-order valence-electron chi connectivity index (χ4n) is 2.53. The molecule has 0 saturated heterocycles. The van der Waals surface area contributed by atoms with Gasteiger partial charge in [-0.25, -0.2) is 0 Å². The molecule has 0 aliphatic heterocycles. The molecular formula is C7H11FO2S. The normalized spacial score (nSPS) is 43.2. The second-order valence-corrected chi connectivity index (χ2v) is 5.25. The van der Waals surface area contributed by atoms with Crippen molar-refractivity contribution in [1.29, 1.82) is 0 Å². The summed E-state index contributed by atoms with van der Waals surface area (Å²) in [5, 5.41) is -0.652. The van der Waals surface area contributed by atoms with Crippen molar-refractivity contribution in [3.8, 4) is 0 Å². The molecule has 0 aromatic rings. The van der Waals surface area contributed by atoms with Crippen LogP contribution in [-0.2, 0) is 10.2 Å². The van der Waals surface area contributed by atoms with Gasteiger partial charge in [-0.3, -0.25) is 0 Å².